The summed E-state index contributed by atoms with van der Waals surface area (Å²) in [4.78, 5) is 18.2. The molecule has 6 nitrogen and oxygen atoms in total. The minimum atomic E-state index is -2.99. The van der Waals surface area contributed by atoms with Crippen molar-refractivity contribution < 1.29 is 18.3 Å². The van der Waals surface area contributed by atoms with E-state index in [1.807, 2.05) is 31.2 Å². The zero-order valence-electron chi connectivity index (χ0n) is 14.8. The molecule has 1 aromatic heterocycles. The number of ether oxygens (including phenoxy) is 1. The van der Waals surface area contributed by atoms with Gasteiger partial charge in [-0.2, -0.15) is 13.9 Å². The van der Waals surface area contributed by atoms with E-state index in [2.05, 4.69) is 14.8 Å². The molecule has 0 aliphatic carbocycles. The molecule has 1 amide bonds. The Hall–Kier alpha value is -3.29. The number of amides is 1. The first-order valence-corrected chi connectivity index (χ1v) is 8.23. The molecule has 3 aromatic rings. The Balaban J connectivity index is 1.79. The highest BCUT2D eigenvalue weighted by atomic mass is 19.3. The summed E-state index contributed by atoms with van der Waals surface area (Å²) in [5.74, 6) is -0.544. The monoisotopic (exact) mass is 372 g/mol. The summed E-state index contributed by atoms with van der Waals surface area (Å²) in [6.07, 6.45) is 3.04. The van der Waals surface area contributed by atoms with E-state index in [1.165, 1.54) is 23.4 Å². The molecule has 8 heteroatoms. The molecule has 0 saturated heterocycles. The maximum absolute atomic E-state index is 12.8. The highest BCUT2D eigenvalue weighted by molar-refractivity contribution is 5.97. The number of halogens is 2. The largest absolute Gasteiger partial charge is 0.434 e. The number of alkyl halides is 2. The fourth-order valence-corrected chi connectivity index (χ4v) is 2.68. The first-order valence-electron chi connectivity index (χ1n) is 8.23. The van der Waals surface area contributed by atoms with Crippen molar-refractivity contribution in [2.24, 2.45) is 0 Å². The van der Waals surface area contributed by atoms with Gasteiger partial charge in [0.25, 0.3) is 5.91 Å². The van der Waals surface area contributed by atoms with Gasteiger partial charge in [-0.15, -0.1) is 0 Å². The molecule has 0 fully saturated rings. The van der Waals surface area contributed by atoms with E-state index in [0.29, 0.717) is 0 Å². The number of nitrogens with zero attached hydrogens (tertiary/aromatic N) is 4. The van der Waals surface area contributed by atoms with Gasteiger partial charge >= 0.3 is 6.61 Å². The van der Waals surface area contributed by atoms with Crippen molar-refractivity contribution in [3.05, 3.63) is 72.3 Å². The lowest BCUT2D eigenvalue weighted by Gasteiger charge is -2.26. The van der Waals surface area contributed by atoms with Gasteiger partial charge in [-0.25, -0.2) is 9.67 Å². The van der Waals surface area contributed by atoms with Crippen LogP contribution in [0.5, 0.6) is 5.75 Å². The molecule has 0 saturated carbocycles. The van der Waals surface area contributed by atoms with E-state index in [4.69, 9.17) is 0 Å². The molecule has 0 radical (unpaired) electrons. The summed E-state index contributed by atoms with van der Waals surface area (Å²) < 4.78 is 31.3. The van der Waals surface area contributed by atoms with Crippen LogP contribution in [0.25, 0.3) is 5.69 Å². The fraction of sp³-hybridized carbons (Fsp3) is 0.211. The van der Waals surface area contributed by atoms with Gasteiger partial charge in [0, 0.05) is 7.05 Å². The van der Waals surface area contributed by atoms with Crippen LogP contribution in [0, 0.1) is 0 Å². The molecule has 3 rings (SSSR count). The van der Waals surface area contributed by atoms with Crippen LogP contribution in [0.4, 0.5) is 8.78 Å². The number of rotatable bonds is 6. The summed E-state index contributed by atoms with van der Waals surface area (Å²) in [6, 6.07) is 13.2. The Kier molecular flexibility index (Phi) is 5.44. The second-order valence-electron chi connectivity index (χ2n) is 5.90. The first kappa shape index (κ1) is 18.5. The quantitative estimate of drug-likeness (QED) is 0.662. The molecule has 0 spiro atoms. The van der Waals surface area contributed by atoms with Gasteiger partial charge in [0.1, 0.15) is 18.4 Å². The highest BCUT2D eigenvalue weighted by Crippen LogP contribution is 2.26. The summed E-state index contributed by atoms with van der Waals surface area (Å²) in [5.41, 5.74) is 1.82. The minimum absolute atomic E-state index is 0.0892. The number of benzene rings is 2. The number of hydrogen-bond donors (Lipinski definition) is 0. The van der Waals surface area contributed by atoms with Gasteiger partial charge in [-0.3, -0.25) is 4.79 Å². The van der Waals surface area contributed by atoms with E-state index in [-0.39, 0.29) is 17.4 Å². The van der Waals surface area contributed by atoms with E-state index >= 15 is 0 Å². The molecule has 0 N–H and O–H groups in total. The lowest BCUT2D eigenvalue weighted by Crippen LogP contribution is -2.30. The smallest absolute Gasteiger partial charge is 0.387 e. The Bertz CT molecular complexity index is 898. The van der Waals surface area contributed by atoms with Crippen molar-refractivity contribution in [1.82, 2.24) is 19.7 Å². The predicted molar refractivity (Wildman–Crippen MR) is 94.9 cm³/mol. The molecule has 1 unspecified atom stereocenters. The topological polar surface area (TPSA) is 60.2 Å². The van der Waals surface area contributed by atoms with E-state index < -0.39 is 12.5 Å². The average molecular weight is 372 g/mol. The molecule has 27 heavy (non-hydrogen) atoms. The minimum Gasteiger partial charge on any atom is -0.434 e. The third kappa shape index (κ3) is 4.11. The molecule has 140 valence electrons. The van der Waals surface area contributed by atoms with Crippen LogP contribution in [-0.4, -0.2) is 39.2 Å². The van der Waals surface area contributed by atoms with Gasteiger partial charge in [0.05, 0.1) is 17.3 Å². The number of hydrogen-bond acceptors (Lipinski definition) is 4. The zero-order chi connectivity index (χ0) is 19.4. The zero-order valence-corrected chi connectivity index (χ0v) is 14.8. The second kappa shape index (κ2) is 7.94. The summed E-state index contributed by atoms with van der Waals surface area (Å²) in [5, 5.41) is 4.06. The lowest BCUT2D eigenvalue weighted by atomic mass is 10.1. The SMILES string of the molecule is CC(c1ccc(-n2cncn2)cc1)N(C)C(=O)c1ccccc1OC(F)F. The van der Waals surface area contributed by atoms with Crippen molar-refractivity contribution in [3.63, 3.8) is 0 Å². The van der Waals surface area contributed by atoms with Gasteiger partial charge in [0.2, 0.25) is 0 Å². The standard InChI is InChI=1S/C19H18F2N4O2/c1-13(14-7-9-15(10-8-14)25-12-22-11-23-25)24(2)18(26)16-5-3-4-6-17(16)27-19(20)21/h3-13,19H,1-2H3. The molecular formula is C19H18F2N4O2. The molecule has 1 atom stereocenters. The molecule has 0 aliphatic heterocycles. The van der Waals surface area contributed by atoms with Crippen LogP contribution < -0.4 is 4.74 Å². The normalized spacial score (nSPS) is 12.0. The van der Waals surface area contributed by atoms with Crippen molar-refractivity contribution in [2.75, 3.05) is 7.05 Å². The number of carbonyl (C=O) groups excluding carboxylic acids is 1. The summed E-state index contributed by atoms with van der Waals surface area (Å²) >= 11 is 0. The number of aromatic nitrogens is 3. The van der Waals surface area contributed by atoms with E-state index in [9.17, 15) is 13.6 Å². The number of para-hydroxylation sites is 1. The van der Waals surface area contributed by atoms with Crippen LogP contribution in [0.1, 0.15) is 28.9 Å². The third-order valence-corrected chi connectivity index (χ3v) is 4.29. The van der Waals surface area contributed by atoms with Crippen LogP contribution in [0.3, 0.4) is 0 Å². The molecule has 2 aromatic carbocycles. The van der Waals surface area contributed by atoms with Crippen molar-refractivity contribution >= 4 is 5.91 Å². The van der Waals surface area contributed by atoms with Crippen LogP contribution in [-0.2, 0) is 0 Å². The molecule has 0 bridgehead atoms. The maximum atomic E-state index is 12.8. The summed E-state index contributed by atoms with van der Waals surface area (Å²) in [6.45, 7) is -1.13. The van der Waals surface area contributed by atoms with Crippen molar-refractivity contribution in [1.29, 1.82) is 0 Å². The van der Waals surface area contributed by atoms with E-state index in [1.54, 1.807) is 30.2 Å². The summed E-state index contributed by atoms with van der Waals surface area (Å²) in [7, 11) is 1.62. The van der Waals surface area contributed by atoms with Gasteiger partial charge in [0.15, 0.2) is 0 Å². The Morgan fingerprint density at radius 1 is 1.15 bits per heavy atom. The Morgan fingerprint density at radius 2 is 1.85 bits per heavy atom. The van der Waals surface area contributed by atoms with Crippen LogP contribution in [0.15, 0.2) is 61.2 Å². The average Bonchev–Trinajstić information content (AvgIpc) is 3.21. The first-order chi connectivity index (χ1) is 13.0. The van der Waals surface area contributed by atoms with Crippen molar-refractivity contribution in [3.8, 4) is 11.4 Å². The number of carbonyl (C=O) groups is 1. The van der Waals surface area contributed by atoms with E-state index in [0.717, 1.165) is 11.3 Å². The van der Waals surface area contributed by atoms with Crippen LogP contribution >= 0.6 is 0 Å². The Labute approximate surface area is 155 Å². The maximum Gasteiger partial charge on any atom is 0.387 e. The van der Waals surface area contributed by atoms with Crippen LogP contribution in [0.2, 0.25) is 0 Å². The third-order valence-electron chi connectivity index (χ3n) is 4.29. The van der Waals surface area contributed by atoms with Crippen molar-refractivity contribution in [2.45, 2.75) is 19.6 Å². The second-order valence-corrected chi connectivity index (χ2v) is 5.90. The Morgan fingerprint density at radius 3 is 2.48 bits per heavy atom. The van der Waals surface area contributed by atoms with Gasteiger partial charge < -0.3 is 9.64 Å². The van der Waals surface area contributed by atoms with Gasteiger partial charge in [-0.05, 0) is 36.8 Å². The lowest BCUT2D eigenvalue weighted by molar-refractivity contribution is -0.0502. The van der Waals surface area contributed by atoms with Gasteiger partial charge in [-0.1, -0.05) is 24.3 Å². The highest BCUT2D eigenvalue weighted by Gasteiger charge is 2.23. The molecule has 1 heterocycles. The molecular weight excluding hydrogens is 354 g/mol. The predicted octanol–water partition coefficient (Wildman–Crippen LogP) is 3.70. The fourth-order valence-electron chi connectivity index (χ4n) is 2.68. The molecule has 0 aliphatic rings.